The highest BCUT2D eigenvalue weighted by Gasteiger charge is 2.44. The van der Waals surface area contributed by atoms with Crippen LogP contribution in [0.25, 0.3) is 0 Å². The van der Waals surface area contributed by atoms with Crippen LogP contribution in [0, 0.1) is 23.4 Å². The molecule has 1 amide bonds. The summed E-state index contributed by atoms with van der Waals surface area (Å²) in [5, 5.41) is 2.34. The topological polar surface area (TPSA) is 55.4 Å². The zero-order chi connectivity index (χ0) is 14.9. The monoisotopic (exact) mass is 287 g/mol. The van der Waals surface area contributed by atoms with E-state index in [9.17, 15) is 22.8 Å². The first-order chi connectivity index (χ1) is 9.47. The number of carbonyl (C=O) groups is 2. The second kappa shape index (κ2) is 5.52. The summed E-state index contributed by atoms with van der Waals surface area (Å²) in [6.45, 7) is 1.42. The maximum atomic E-state index is 13.8. The lowest BCUT2D eigenvalue weighted by atomic mass is 9.87. The van der Waals surface area contributed by atoms with Crippen LogP contribution in [0.2, 0.25) is 0 Å². The molecular weight excluding hydrogens is 275 g/mol. The Bertz CT molecular complexity index is 562. The van der Waals surface area contributed by atoms with Gasteiger partial charge in [0, 0.05) is 18.0 Å². The minimum Gasteiger partial charge on any atom is -0.465 e. The summed E-state index contributed by atoms with van der Waals surface area (Å²) in [6, 6.07) is 1.41. The number of ether oxygens (including phenoxy) is 1. The molecule has 0 aromatic heterocycles. The molecule has 0 saturated carbocycles. The molecule has 1 aliphatic heterocycles. The van der Waals surface area contributed by atoms with Gasteiger partial charge in [0.2, 0.25) is 5.91 Å². The minimum absolute atomic E-state index is 0.0312. The minimum atomic E-state index is -1.39. The van der Waals surface area contributed by atoms with Gasteiger partial charge < -0.3 is 10.1 Å². The highest BCUT2D eigenvalue weighted by atomic mass is 19.2. The van der Waals surface area contributed by atoms with Crippen LogP contribution < -0.4 is 5.32 Å². The van der Waals surface area contributed by atoms with Crippen molar-refractivity contribution in [2.45, 2.75) is 12.8 Å². The third-order valence-electron chi connectivity index (χ3n) is 3.17. The first-order valence-electron chi connectivity index (χ1n) is 6.05. The molecular formula is C13H12F3NO3. The molecule has 108 valence electrons. The summed E-state index contributed by atoms with van der Waals surface area (Å²) in [6.07, 6.45) is 0. The van der Waals surface area contributed by atoms with E-state index in [1.807, 2.05) is 0 Å². The van der Waals surface area contributed by atoms with Gasteiger partial charge in [-0.15, -0.1) is 0 Å². The van der Waals surface area contributed by atoms with Crippen LogP contribution >= 0.6 is 0 Å². The molecule has 1 heterocycles. The molecule has 1 aromatic rings. The SMILES string of the molecule is CCOC(=O)[C@H]1C(=O)NC[C@H]1c1c(F)ccc(F)c1F. The van der Waals surface area contributed by atoms with Crippen LogP contribution in [0.3, 0.4) is 0 Å². The molecule has 1 aliphatic rings. The first-order valence-corrected chi connectivity index (χ1v) is 6.05. The van der Waals surface area contributed by atoms with E-state index < -0.39 is 46.7 Å². The number of carbonyl (C=O) groups excluding carboxylic acids is 2. The third kappa shape index (κ3) is 2.35. The number of hydrogen-bond acceptors (Lipinski definition) is 3. The Balaban J connectivity index is 2.43. The van der Waals surface area contributed by atoms with Gasteiger partial charge in [-0.3, -0.25) is 9.59 Å². The van der Waals surface area contributed by atoms with Crippen molar-refractivity contribution in [2.75, 3.05) is 13.2 Å². The normalized spacial score (nSPS) is 21.7. The number of halogens is 3. The largest absolute Gasteiger partial charge is 0.465 e. The van der Waals surface area contributed by atoms with Crippen molar-refractivity contribution < 1.29 is 27.5 Å². The lowest BCUT2D eigenvalue weighted by Gasteiger charge is -2.17. The molecule has 1 fully saturated rings. The fraction of sp³-hybridized carbons (Fsp3) is 0.385. The molecule has 1 saturated heterocycles. The van der Waals surface area contributed by atoms with E-state index >= 15 is 0 Å². The van der Waals surface area contributed by atoms with Gasteiger partial charge in [0.05, 0.1) is 6.61 Å². The summed E-state index contributed by atoms with van der Waals surface area (Å²) >= 11 is 0. The van der Waals surface area contributed by atoms with Crippen molar-refractivity contribution in [3.05, 3.63) is 35.1 Å². The Morgan fingerprint density at radius 2 is 2.00 bits per heavy atom. The van der Waals surface area contributed by atoms with E-state index in [1.54, 1.807) is 6.92 Å². The van der Waals surface area contributed by atoms with Crippen LogP contribution in [0.15, 0.2) is 12.1 Å². The van der Waals surface area contributed by atoms with Gasteiger partial charge in [0.1, 0.15) is 11.7 Å². The molecule has 2 atom stereocenters. The zero-order valence-corrected chi connectivity index (χ0v) is 10.6. The highest BCUT2D eigenvalue weighted by molar-refractivity contribution is 6.00. The van der Waals surface area contributed by atoms with Gasteiger partial charge in [-0.25, -0.2) is 13.2 Å². The zero-order valence-electron chi connectivity index (χ0n) is 10.6. The Morgan fingerprint density at radius 3 is 2.65 bits per heavy atom. The predicted octanol–water partition coefficient (Wildman–Crippen LogP) is 1.50. The van der Waals surface area contributed by atoms with Crippen LogP contribution in [0.5, 0.6) is 0 Å². The van der Waals surface area contributed by atoms with Crippen molar-refractivity contribution in [1.82, 2.24) is 5.32 Å². The van der Waals surface area contributed by atoms with E-state index in [0.717, 1.165) is 6.07 Å². The second-order valence-corrected chi connectivity index (χ2v) is 4.34. The number of hydrogen-bond donors (Lipinski definition) is 1. The van der Waals surface area contributed by atoms with Crippen LogP contribution in [0.4, 0.5) is 13.2 Å². The number of rotatable bonds is 3. The summed E-state index contributed by atoms with van der Waals surface area (Å²) in [7, 11) is 0. The highest BCUT2D eigenvalue weighted by Crippen LogP contribution is 2.34. The maximum absolute atomic E-state index is 13.8. The Morgan fingerprint density at radius 1 is 1.35 bits per heavy atom. The number of amides is 1. The molecule has 4 nitrogen and oxygen atoms in total. The average Bonchev–Trinajstić information content (AvgIpc) is 2.77. The fourth-order valence-corrected chi connectivity index (χ4v) is 2.28. The Labute approximate surface area is 112 Å². The Hall–Kier alpha value is -2.05. The molecule has 0 unspecified atom stereocenters. The number of nitrogens with one attached hydrogen (secondary N) is 1. The summed E-state index contributed by atoms with van der Waals surface area (Å²) in [4.78, 5) is 23.4. The van der Waals surface area contributed by atoms with Crippen molar-refractivity contribution in [2.24, 2.45) is 5.92 Å². The maximum Gasteiger partial charge on any atom is 0.319 e. The smallest absolute Gasteiger partial charge is 0.319 e. The van der Waals surface area contributed by atoms with E-state index in [-0.39, 0.29) is 13.2 Å². The molecule has 2 rings (SSSR count). The van der Waals surface area contributed by atoms with Gasteiger partial charge in [-0.05, 0) is 19.1 Å². The molecule has 1 N–H and O–H groups in total. The Kier molecular flexibility index (Phi) is 3.96. The average molecular weight is 287 g/mol. The second-order valence-electron chi connectivity index (χ2n) is 4.34. The van der Waals surface area contributed by atoms with Crippen molar-refractivity contribution in [1.29, 1.82) is 0 Å². The van der Waals surface area contributed by atoms with E-state index in [1.165, 1.54) is 0 Å². The third-order valence-corrected chi connectivity index (χ3v) is 3.17. The molecule has 0 spiro atoms. The molecule has 20 heavy (non-hydrogen) atoms. The van der Waals surface area contributed by atoms with Gasteiger partial charge in [-0.1, -0.05) is 0 Å². The molecule has 0 bridgehead atoms. The molecule has 7 heteroatoms. The van der Waals surface area contributed by atoms with Gasteiger partial charge >= 0.3 is 5.97 Å². The van der Waals surface area contributed by atoms with Crippen molar-refractivity contribution in [3.63, 3.8) is 0 Å². The van der Waals surface area contributed by atoms with Crippen LogP contribution in [-0.2, 0) is 14.3 Å². The van der Waals surface area contributed by atoms with Crippen LogP contribution in [0.1, 0.15) is 18.4 Å². The van der Waals surface area contributed by atoms with Crippen molar-refractivity contribution >= 4 is 11.9 Å². The predicted molar refractivity (Wildman–Crippen MR) is 62.2 cm³/mol. The summed E-state index contributed by atoms with van der Waals surface area (Å²) < 4.78 is 45.4. The standard InChI is InChI=1S/C13H12F3NO3/c1-2-20-13(19)10-6(5-17-12(10)18)9-7(14)3-4-8(15)11(9)16/h3-4,6,10H,2,5H2,1H3,(H,17,18)/t6-,10+/m0/s1. The van der Waals surface area contributed by atoms with E-state index in [2.05, 4.69) is 5.32 Å². The molecule has 0 aliphatic carbocycles. The molecule has 0 radical (unpaired) electrons. The van der Waals surface area contributed by atoms with E-state index in [4.69, 9.17) is 4.74 Å². The van der Waals surface area contributed by atoms with Crippen LogP contribution in [-0.4, -0.2) is 25.0 Å². The lowest BCUT2D eigenvalue weighted by Crippen LogP contribution is -2.29. The van der Waals surface area contributed by atoms with Gasteiger partial charge in [0.15, 0.2) is 11.6 Å². The lowest BCUT2D eigenvalue weighted by molar-refractivity contribution is -0.151. The molecule has 1 aromatic carbocycles. The fourth-order valence-electron chi connectivity index (χ4n) is 2.28. The summed E-state index contributed by atoms with van der Waals surface area (Å²) in [5.74, 6) is -7.69. The van der Waals surface area contributed by atoms with Crippen molar-refractivity contribution in [3.8, 4) is 0 Å². The quantitative estimate of drug-likeness (QED) is 0.520. The van der Waals surface area contributed by atoms with Gasteiger partial charge in [-0.2, -0.15) is 0 Å². The first kappa shape index (κ1) is 14.4. The number of benzene rings is 1. The van der Waals surface area contributed by atoms with Gasteiger partial charge in [0.25, 0.3) is 0 Å². The summed E-state index contributed by atoms with van der Waals surface area (Å²) in [5.41, 5.74) is -0.610. The number of esters is 1. The van der Waals surface area contributed by atoms with E-state index in [0.29, 0.717) is 6.07 Å².